The molecular weight excluding hydrogens is 635 g/mol. The van der Waals surface area contributed by atoms with Gasteiger partial charge in [0.1, 0.15) is 5.75 Å². The third-order valence-electron chi connectivity index (χ3n) is 7.44. The van der Waals surface area contributed by atoms with Gasteiger partial charge in [0.25, 0.3) is 5.91 Å². The van der Waals surface area contributed by atoms with E-state index in [0.29, 0.717) is 45.5 Å². The molecule has 234 valence electrons. The first-order chi connectivity index (χ1) is 21.7. The zero-order valence-corrected chi connectivity index (χ0v) is 26.6. The molecule has 0 unspecified atom stereocenters. The summed E-state index contributed by atoms with van der Waals surface area (Å²) in [6.07, 6.45) is -0.586. The van der Waals surface area contributed by atoms with Crippen molar-refractivity contribution >= 4 is 44.8 Å². The number of hydrogen-bond acceptors (Lipinski definition) is 7. The van der Waals surface area contributed by atoms with Gasteiger partial charge in [-0.05, 0) is 59.7 Å². The molecule has 1 heterocycles. The smallest absolute Gasteiger partial charge is 0.252 e. The summed E-state index contributed by atoms with van der Waals surface area (Å²) in [5, 5.41) is 12.8. The zero-order chi connectivity index (χ0) is 31.9. The van der Waals surface area contributed by atoms with Crippen molar-refractivity contribution in [2.75, 3.05) is 19.0 Å². The van der Waals surface area contributed by atoms with Crippen LogP contribution in [0.25, 0.3) is 0 Å². The lowest BCUT2D eigenvalue weighted by molar-refractivity contribution is -0.129. The van der Waals surface area contributed by atoms with Crippen molar-refractivity contribution in [3.05, 3.63) is 130 Å². The van der Waals surface area contributed by atoms with Gasteiger partial charge in [-0.2, -0.15) is 0 Å². The van der Waals surface area contributed by atoms with Gasteiger partial charge in [-0.3, -0.25) is 4.79 Å². The molecule has 0 saturated heterocycles. The summed E-state index contributed by atoms with van der Waals surface area (Å²) < 4.78 is 39.0. The van der Waals surface area contributed by atoms with Gasteiger partial charge in [-0.15, -0.1) is 0 Å². The summed E-state index contributed by atoms with van der Waals surface area (Å²) in [7, 11) is -3.78. The number of sulfone groups is 1. The monoisotopic (exact) mass is 666 g/mol. The van der Waals surface area contributed by atoms with E-state index in [4.69, 9.17) is 42.8 Å². The molecule has 0 aromatic heterocycles. The molecule has 0 bridgehead atoms. The minimum Gasteiger partial charge on any atom is -0.494 e. The molecule has 0 spiro atoms. The second-order valence-electron chi connectivity index (χ2n) is 10.5. The van der Waals surface area contributed by atoms with Crippen LogP contribution in [0.5, 0.6) is 5.75 Å². The van der Waals surface area contributed by atoms with E-state index in [1.807, 2.05) is 30.3 Å². The SMILES string of the molecule is O=C(NCc1ccc(Cl)cc1Cl)[C@]1(CCS(=O)(=O)c2ccccc2)N=C(c2ccc(OCCCO)cc2)O[C@@H]1c1ccccc1. The van der Waals surface area contributed by atoms with Crippen LogP contribution in [-0.2, 0) is 25.9 Å². The van der Waals surface area contributed by atoms with Crippen LogP contribution in [0.4, 0.5) is 0 Å². The highest BCUT2D eigenvalue weighted by Gasteiger charge is 2.53. The maximum atomic E-state index is 14.3. The van der Waals surface area contributed by atoms with Crippen molar-refractivity contribution in [1.82, 2.24) is 5.32 Å². The van der Waals surface area contributed by atoms with Crippen molar-refractivity contribution in [2.24, 2.45) is 4.99 Å². The second-order valence-corrected chi connectivity index (χ2v) is 13.5. The lowest BCUT2D eigenvalue weighted by atomic mass is 9.85. The summed E-state index contributed by atoms with van der Waals surface area (Å²) in [5.41, 5.74) is 0.245. The average Bonchev–Trinajstić information content (AvgIpc) is 3.46. The van der Waals surface area contributed by atoms with Crippen molar-refractivity contribution in [1.29, 1.82) is 0 Å². The fourth-order valence-corrected chi connectivity index (χ4v) is 6.89. The van der Waals surface area contributed by atoms with Gasteiger partial charge < -0.3 is 19.9 Å². The minimum atomic E-state index is -3.78. The Labute approximate surface area is 272 Å². The topological polar surface area (TPSA) is 114 Å². The van der Waals surface area contributed by atoms with Crippen molar-refractivity contribution in [3.8, 4) is 5.75 Å². The van der Waals surface area contributed by atoms with Crippen LogP contribution < -0.4 is 10.1 Å². The van der Waals surface area contributed by atoms with E-state index in [0.717, 1.165) is 0 Å². The first-order valence-corrected chi connectivity index (χ1v) is 16.8. The number of hydrogen-bond donors (Lipinski definition) is 2. The maximum absolute atomic E-state index is 14.3. The lowest BCUT2D eigenvalue weighted by Crippen LogP contribution is -2.49. The fraction of sp³-hybridized carbons (Fsp3) is 0.235. The first-order valence-electron chi connectivity index (χ1n) is 14.4. The molecule has 2 N–H and O–H groups in total. The molecule has 2 atom stereocenters. The Morgan fingerprint density at radius 2 is 1.64 bits per heavy atom. The molecule has 8 nitrogen and oxygen atoms in total. The summed E-state index contributed by atoms with van der Waals surface area (Å²) in [5.74, 6) is -0.0666. The normalized spacial score (nSPS) is 17.8. The largest absolute Gasteiger partial charge is 0.494 e. The lowest BCUT2D eigenvalue weighted by Gasteiger charge is -2.30. The van der Waals surface area contributed by atoms with Gasteiger partial charge >= 0.3 is 0 Å². The Hall–Kier alpha value is -3.89. The summed E-state index contributed by atoms with van der Waals surface area (Å²) in [4.78, 5) is 19.4. The molecule has 1 aliphatic heterocycles. The quantitative estimate of drug-likeness (QED) is 0.165. The highest BCUT2D eigenvalue weighted by Crippen LogP contribution is 2.43. The number of nitrogens with zero attached hydrogens (tertiary/aromatic N) is 1. The molecule has 5 rings (SSSR count). The van der Waals surface area contributed by atoms with Gasteiger partial charge in [0.2, 0.25) is 5.90 Å². The van der Waals surface area contributed by atoms with Gasteiger partial charge in [-0.25, -0.2) is 13.4 Å². The summed E-state index contributed by atoms with van der Waals surface area (Å²) in [6.45, 7) is 0.451. The van der Waals surface area contributed by atoms with E-state index in [1.165, 1.54) is 12.1 Å². The molecule has 45 heavy (non-hydrogen) atoms. The molecule has 11 heteroatoms. The van der Waals surface area contributed by atoms with Crippen LogP contribution in [0, 0.1) is 0 Å². The van der Waals surface area contributed by atoms with Crippen LogP contribution in [0.2, 0.25) is 10.0 Å². The number of carbonyl (C=O) groups excluding carboxylic acids is 1. The molecule has 1 aliphatic rings. The summed E-state index contributed by atoms with van der Waals surface area (Å²) >= 11 is 12.4. The zero-order valence-electron chi connectivity index (χ0n) is 24.2. The number of nitrogens with one attached hydrogen (secondary N) is 1. The van der Waals surface area contributed by atoms with Crippen LogP contribution in [0.15, 0.2) is 113 Å². The first kappa shape index (κ1) is 32.5. The fourth-order valence-electron chi connectivity index (χ4n) is 5.03. The molecule has 0 aliphatic carbocycles. The highest BCUT2D eigenvalue weighted by atomic mass is 35.5. The number of aliphatic hydroxyl groups is 1. The van der Waals surface area contributed by atoms with E-state index in [-0.39, 0.29) is 36.1 Å². The highest BCUT2D eigenvalue weighted by molar-refractivity contribution is 7.91. The van der Waals surface area contributed by atoms with Crippen molar-refractivity contribution in [3.63, 3.8) is 0 Å². The van der Waals surface area contributed by atoms with E-state index in [1.54, 1.807) is 60.7 Å². The van der Waals surface area contributed by atoms with Crippen LogP contribution in [0.1, 0.15) is 35.6 Å². The standard InChI is InChI=1S/C34H32Cl2N2O6S/c35-27-15-12-26(30(36)22-27)23-37-33(40)34(18-21-45(41,42)29-10-5-2-6-11-29)31(24-8-3-1-4-9-24)44-32(38-34)25-13-16-28(17-14-25)43-20-7-19-39/h1-6,8-17,22,31,39H,7,18-21,23H2,(H,37,40)/t31-,34-/m1/s1. The molecule has 1 amide bonds. The van der Waals surface area contributed by atoms with E-state index in [9.17, 15) is 13.2 Å². The van der Waals surface area contributed by atoms with Crippen molar-refractivity contribution < 1.29 is 27.8 Å². The maximum Gasteiger partial charge on any atom is 0.252 e. The van der Waals surface area contributed by atoms with Crippen LogP contribution >= 0.6 is 23.2 Å². The van der Waals surface area contributed by atoms with Gasteiger partial charge in [-0.1, -0.05) is 77.8 Å². The van der Waals surface area contributed by atoms with Crippen LogP contribution in [0.3, 0.4) is 0 Å². The van der Waals surface area contributed by atoms with Crippen LogP contribution in [-0.4, -0.2) is 49.8 Å². The van der Waals surface area contributed by atoms with E-state index >= 15 is 0 Å². The number of ether oxygens (including phenoxy) is 2. The average molecular weight is 668 g/mol. The Morgan fingerprint density at radius 3 is 2.31 bits per heavy atom. The number of amides is 1. The van der Waals surface area contributed by atoms with E-state index in [2.05, 4.69) is 5.32 Å². The number of aliphatic imine (C=N–C) groups is 1. The molecular formula is C34H32Cl2N2O6S. The second kappa shape index (κ2) is 14.5. The Bertz CT molecular complexity index is 1750. The molecule has 4 aromatic rings. The third kappa shape index (κ3) is 7.68. The Balaban J connectivity index is 1.53. The van der Waals surface area contributed by atoms with Gasteiger partial charge in [0.05, 0.1) is 17.3 Å². The number of carbonyl (C=O) groups is 1. The van der Waals surface area contributed by atoms with E-state index < -0.39 is 27.4 Å². The van der Waals surface area contributed by atoms with Crippen molar-refractivity contribution in [2.45, 2.75) is 35.9 Å². The predicted molar refractivity (Wildman–Crippen MR) is 175 cm³/mol. The van der Waals surface area contributed by atoms with Gasteiger partial charge in [0, 0.05) is 41.6 Å². The number of aliphatic hydroxyl groups excluding tert-OH is 1. The summed E-state index contributed by atoms with van der Waals surface area (Å²) in [6, 6.07) is 29.3. The Kier molecular flexibility index (Phi) is 10.5. The third-order valence-corrected chi connectivity index (χ3v) is 9.76. The number of rotatable bonds is 13. The molecule has 0 radical (unpaired) electrons. The number of halogens is 2. The molecule has 4 aromatic carbocycles. The Morgan fingerprint density at radius 1 is 0.956 bits per heavy atom. The predicted octanol–water partition coefficient (Wildman–Crippen LogP) is 6.19. The number of benzene rings is 4. The van der Waals surface area contributed by atoms with Gasteiger partial charge in [0.15, 0.2) is 21.5 Å². The minimum absolute atomic E-state index is 0.0258. The molecule has 0 fully saturated rings. The molecule has 0 saturated carbocycles.